The van der Waals surface area contributed by atoms with Gasteiger partial charge in [-0.1, -0.05) is 45.8 Å². The Bertz CT molecular complexity index is 973. The van der Waals surface area contributed by atoms with E-state index in [-0.39, 0.29) is 17.6 Å². The van der Waals surface area contributed by atoms with E-state index < -0.39 is 0 Å². The second kappa shape index (κ2) is 9.57. The molecule has 6 heteroatoms. The van der Waals surface area contributed by atoms with Crippen LogP contribution in [0, 0.1) is 6.92 Å². The molecule has 0 fully saturated rings. The Morgan fingerprint density at radius 1 is 0.857 bits per heavy atom. The van der Waals surface area contributed by atoms with E-state index in [1.807, 2.05) is 73.7 Å². The number of aryl methyl sites for hydroxylation is 1. The molecule has 3 aromatic rings. The standard InChI is InChI=1S/C22H19BrN2O2S/c1-15-6-10-17(11-7-15)24-21(26)14-28-20-5-3-2-4-19(20)22(27)25-18-12-8-16(23)9-13-18/h2-13H,14H2,1H3,(H,24,26)(H,25,27). The highest BCUT2D eigenvalue weighted by Crippen LogP contribution is 2.24. The predicted molar refractivity (Wildman–Crippen MR) is 119 cm³/mol. The van der Waals surface area contributed by atoms with E-state index in [1.165, 1.54) is 11.8 Å². The molecule has 2 N–H and O–H groups in total. The van der Waals surface area contributed by atoms with Crippen molar-refractivity contribution in [2.24, 2.45) is 0 Å². The number of amides is 2. The summed E-state index contributed by atoms with van der Waals surface area (Å²) in [5, 5.41) is 5.75. The average Bonchev–Trinajstić information content (AvgIpc) is 2.70. The maximum Gasteiger partial charge on any atom is 0.256 e. The van der Waals surface area contributed by atoms with Gasteiger partial charge in [-0.15, -0.1) is 11.8 Å². The van der Waals surface area contributed by atoms with Gasteiger partial charge >= 0.3 is 0 Å². The Balaban J connectivity index is 1.63. The van der Waals surface area contributed by atoms with E-state index in [4.69, 9.17) is 0 Å². The number of thioether (sulfide) groups is 1. The van der Waals surface area contributed by atoms with Crippen LogP contribution in [0.3, 0.4) is 0 Å². The van der Waals surface area contributed by atoms with Crippen molar-refractivity contribution in [2.45, 2.75) is 11.8 Å². The van der Waals surface area contributed by atoms with Crippen molar-refractivity contribution < 1.29 is 9.59 Å². The molecule has 0 atom stereocenters. The summed E-state index contributed by atoms with van der Waals surface area (Å²) < 4.78 is 0.945. The van der Waals surface area contributed by atoms with Gasteiger partial charge in [0, 0.05) is 20.7 Å². The fourth-order valence-electron chi connectivity index (χ4n) is 2.49. The number of hydrogen-bond donors (Lipinski definition) is 2. The molecule has 2 amide bonds. The Labute approximate surface area is 176 Å². The van der Waals surface area contributed by atoms with Crippen molar-refractivity contribution in [3.8, 4) is 0 Å². The molecule has 0 saturated carbocycles. The topological polar surface area (TPSA) is 58.2 Å². The quantitative estimate of drug-likeness (QED) is 0.466. The first kappa shape index (κ1) is 20.2. The van der Waals surface area contributed by atoms with Gasteiger partial charge in [0.25, 0.3) is 5.91 Å². The third-order valence-corrected chi connectivity index (χ3v) is 5.53. The fraction of sp³-hybridized carbons (Fsp3) is 0.0909. The third kappa shape index (κ3) is 5.71. The van der Waals surface area contributed by atoms with Crippen molar-refractivity contribution in [1.29, 1.82) is 0 Å². The molecule has 0 saturated heterocycles. The zero-order chi connectivity index (χ0) is 19.9. The maximum absolute atomic E-state index is 12.7. The van der Waals surface area contributed by atoms with Gasteiger partial charge in [0.05, 0.1) is 11.3 Å². The second-order valence-corrected chi connectivity index (χ2v) is 8.09. The number of benzene rings is 3. The van der Waals surface area contributed by atoms with Crippen LogP contribution in [0.5, 0.6) is 0 Å². The van der Waals surface area contributed by atoms with E-state index in [9.17, 15) is 9.59 Å². The smallest absolute Gasteiger partial charge is 0.256 e. The van der Waals surface area contributed by atoms with Crippen molar-refractivity contribution in [3.63, 3.8) is 0 Å². The third-order valence-electron chi connectivity index (χ3n) is 3.93. The highest BCUT2D eigenvalue weighted by molar-refractivity contribution is 9.10. The van der Waals surface area contributed by atoms with E-state index in [0.717, 1.165) is 20.6 Å². The zero-order valence-electron chi connectivity index (χ0n) is 15.2. The predicted octanol–water partition coefficient (Wildman–Crippen LogP) is 5.74. The molecule has 28 heavy (non-hydrogen) atoms. The summed E-state index contributed by atoms with van der Waals surface area (Å²) in [6.07, 6.45) is 0. The minimum Gasteiger partial charge on any atom is -0.325 e. The first-order valence-corrected chi connectivity index (χ1v) is 10.4. The summed E-state index contributed by atoms with van der Waals surface area (Å²) in [7, 11) is 0. The Morgan fingerprint density at radius 2 is 1.46 bits per heavy atom. The molecule has 142 valence electrons. The number of nitrogens with one attached hydrogen (secondary N) is 2. The maximum atomic E-state index is 12.7. The number of hydrogen-bond acceptors (Lipinski definition) is 3. The summed E-state index contributed by atoms with van der Waals surface area (Å²) in [5.74, 6) is -0.0995. The number of rotatable bonds is 6. The van der Waals surface area contributed by atoms with Gasteiger partial charge in [-0.25, -0.2) is 0 Å². The highest BCUT2D eigenvalue weighted by Gasteiger charge is 2.13. The van der Waals surface area contributed by atoms with Crippen LogP contribution in [0.1, 0.15) is 15.9 Å². The van der Waals surface area contributed by atoms with Crippen LogP contribution in [0.15, 0.2) is 82.2 Å². The van der Waals surface area contributed by atoms with E-state index in [1.54, 1.807) is 6.07 Å². The molecule has 0 spiro atoms. The van der Waals surface area contributed by atoms with Crippen LogP contribution >= 0.6 is 27.7 Å². The van der Waals surface area contributed by atoms with Gasteiger partial charge in [-0.05, 0) is 55.5 Å². The SMILES string of the molecule is Cc1ccc(NC(=O)CSc2ccccc2C(=O)Nc2ccc(Br)cc2)cc1. The van der Waals surface area contributed by atoms with Crippen LogP contribution in [0.4, 0.5) is 11.4 Å². The molecule has 0 aliphatic rings. The first-order valence-electron chi connectivity index (χ1n) is 8.66. The molecule has 0 radical (unpaired) electrons. The summed E-state index contributed by atoms with van der Waals surface area (Å²) in [6, 6.07) is 22.3. The molecular formula is C22H19BrN2O2S. The number of halogens is 1. The van der Waals surface area contributed by atoms with E-state index >= 15 is 0 Å². The van der Waals surface area contributed by atoms with Crippen molar-refractivity contribution in [3.05, 3.63) is 88.4 Å². The number of carbonyl (C=O) groups excluding carboxylic acids is 2. The second-order valence-electron chi connectivity index (χ2n) is 6.16. The number of carbonyl (C=O) groups is 2. The summed E-state index contributed by atoms with van der Waals surface area (Å²) in [5.41, 5.74) is 3.15. The van der Waals surface area contributed by atoms with E-state index in [0.29, 0.717) is 11.3 Å². The average molecular weight is 455 g/mol. The fourth-order valence-corrected chi connectivity index (χ4v) is 3.60. The van der Waals surface area contributed by atoms with Crippen LogP contribution in [-0.2, 0) is 4.79 Å². The van der Waals surface area contributed by atoms with Gasteiger partial charge in [-0.3, -0.25) is 9.59 Å². The molecule has 0 aliphatic carbocycles. The lowest BCUT2D eigenvalue weighted by molar-refractivity contribution is -0.113. The summed E-state index contributed by atoms with van der Waals surface area (Å²) >= 11 is 4.71. The van der Waals surface area contributed by atoms with Crippen molar-refractivity contribution >= 4 is 50.9 Å². The molecule has 3 aromatic carbocycles. The molecule has 0 unspecified atom stereocenters. The normalized spacial score (nSPS) is 10.4. The van der Waals surface area contributed by atoms with Gasteiger partial charge in [0.15, 0.2) is 0 Å². The first-order chi connectivity index (χ1) is 13.5. The monoisotopic (exact) mass is 454 g/mol. The lowest BCUT2D eigenvalue weighted by Gasteiger charge is -2.10. The molecular weight excluding hydrogens is 436 g/mol. The van der Waals surface area contributed by atoms with Crippen LogP contribution in [-0.4, -0.2) is 17.6 Å². The van der Waals surface area contributed by atoms with Crippen molar-refractivity contribution in [2.75, 3.05) is 16.4 Å². The summed E-state index contributed by atoms with van der Waals surface area (Å²) in [6.45, 7) is 2.00. The minimum absolute atomic E-state index is 0.114. The van der Waals surface area contributed by atoms with Crippen molar-refractivity contribution in [1.82, 2.24) is 0 Å². The Kier molecular flexibility index (Phi) is 6.90. The summed E-state index contributed by atoms with van der Waals surface area (Å²) in [4.78, 5) is 25.6. The lowest BCUT2D eigenvalue weighted by atomic mass is 10.2. The Morgan fingerprint density at radius 3 is 2.18 bits per heavy atom. The minimum atomic E-state index is -0.204. The van der Waals surface area contributed by atoms with Gasteiger partial charge < -0.3 is 10.6 Å². The number of anilines is 2. The van der Waals surface area contributed by atoms with Crippen LogP contribution in [0.25, 0.3) is 0 Å². The van der Waals surface area contributed by atoms with Gasteiger partial charge in [0.2, 0.25) is 5.91 Å². The largest absolute Gasteiger partial charge is 0.325 e. The van der Waals surface area contributed by atoms with E-state index in [2.05, 4.69) is 26.6 Å². The molecule has 0 bridgehead atoms. The molecule has 4 nitrogen and oxygen atoms in total. The van der Waals surface area contributed by atoms with Gasteiger partial charge in [0.1, 0.15) is 0 Å². The Hall–Kier alpha value is -2.57. The molecule has 0 aliphatic heterocycles. The van der Waals surface area contributed by atoms with Crippen LogP contribution < -0.4 is 10.6 Å². The highest BCUT2D eigenvalue weighted by atomic mass is 79.9. The molecule has 0 aromatic heterocycles. The zero-order valence-corrected chi connectivity index (χ0v) is 17.6. The lowest BCUT2D eigenvalue weighted by Crippen LogP contribution is -2.15. The molecule has 0 heterocycles. The molecule has 3 rings (SSSR count). The van der Waals surface area contributed by atoms with Crippen LogP contribution in [0.2, 0.25) is 0 Å². The van der Waals surface area contributed by atoms with Gasteiger partial charge in [-0.2, -0.15) is 0 Å².